The van der Waals surface area contributed by atoms with E-state index in [4.69, 9.17) is 15.0 Å². The van der Waals surface area contributed by atoms with Crippen LogP contribution in [0.25, 0.3) is 65.0 Å². The van der Waals surface area contributed by atoms with Crippen molar-refractivity contribution in [2.45, 2.75) is 166 Å². The van der Waals surface area contributed by atoms with E-state index in [-0.39, 0.29) is 20.1 Å². The van der Waals surface area contributed by atoms with E-state index in [2.05, 4.69) is 184 Å². The first-order chi connectivity index (χ1) is 30.8. The molecule has 0 fully saturated rings. The minimum atomic E-state index is 0. The zero-order chi connectivity index (χ0) is 49.0. The van der Waals surface area contributed by atoms with Gasteiger partial charge in [0, 0.05) is 17.1 Å². The fraction of sp³-hybridized carbons (Fsp3) is 0.381. The fourth-order valence-electron chi connectivity index (χ4n) is 10.8. The maximum Gasteiger partial charge on any atom is 3.00 e. The van der Waals surface area contributed by atoms with Crippen LogP contribution in [-0.2, 0) is 20.1 Å². The minimum absolute atomic E-state index is 0. The summed E-state index contributed by atoms with van der Waals surface area (Å²) in [4.78, 5) is 14.8. The van der Waals surface area contributed by atoms with Crippen molar-refractivity contribution < 1.29 is 20.1 Å². The molecule has 3 nitrogen and oxygen atoms in total. The van der Waals surface area contributed by atoms with Gasteiger partial charge in [0.15, 0.2) is 0 Å². The largest absolute Gasteiger partial charge is 3.00 e. The number of pyridine rings is 3. The fourth-order valence-corrected chi connectivity index (χ4v) is 10.8. The summed E-state index contributed by atoms with van der Waals surface area (Å²) in [5.74, 6) is 0. The Bertz CT molecular complexity index is 2990. The summed E-state index contributed by atoms with van der Waals surface area (Å²) < 4.78 is 0. The molecule has 0 saturated carbocycles. The molecule has 0 aliphatic rings. The van der Waals surface area contributed by atoms with Gasteiger partial charge in [0.25, 0.3) is 0 Å². The van der Waals surface area contributed by atoms with Crippen LogP contribution < -0.4 is 0 Å². The predicted molar refractivity (Wildman–Crippen MR) is 288 cm³/mol. The molecule has 4 heteroatoms. The summed E-state index contributed by atoms with van der Waals surface area (Å²) in [6.45, 7) is 52.6. The van der Waals surface area contributed by atoms with Crippen LogP contribution in [0.15, 0.2) is 0 Å². The molecule has 0 amide bonds. The summed E-state index contributed by atoms with van der Waals surface area (Å²) in [5.41, 5.74) is 34.7. The molecule has 0 radical (unpaired) electrons. The molecular weight excluding hydrogens is 991 g/mol. The van der Waals surface area contributed by atoms with Crippen molar-refractivity contribution in [2.24, 2.45) is 0 Å². The molecule has 0 N–H and O–H groups in total. The molecule has 0 aliphatic carbocycles. The molecule has 0 saturated heterocycles. The molecule has 9 rings (SSSR count). The van der Waals surface area contributed by atoms with Crippen molar-refractivity contribution >= 4 is 65.0 Å². The molecule has 0 aliphatic heterocycles. The molecule has 0 bridgehead atoms. The van der Waals surface area contributed by atoms with Crippen LogP contribution in [0.4, 0.5) is 0 Å². The van der Waals surface area contributed by atoms with Gasteiger partial charge in [-0.2, -0.15) is 0 Å². The third-order valence-electron chi connectivity index (χ3n) is 16.8. The van der Waals surface area contributed by atoms with Crippen LogP contribution in [0.2, 0.25) is 0 Å². The Kier molecular flexibility index (Phi) is 14.2. The summed E-state index contributed by atoms with van der Waals surface area (Å²) in [5, 5.41) is 11.5. The van der Waals surface area contributed by atoms with E-state index < -0.39 is 0 Å². The first-order valence-corrected chi connectivity index (χ1v) is 23.8. The summed E-state index contributed by atoms with van der Waals surface area (Å²) in [7, 11) is 0. The van der Waals surface area contributed by atoms with E-state index in [1.165, 1.54) is 165 Å². The van der Waals surface area contributed by atoms with E-state index in [0.717, 1.165) is 33.6 Å². The second-order valence-electron chi connectivity index (χ2n) is 20.0. The summed E-state index contributed by atoms with van der Waals surface area (Å²) in [6, 6.07) is 10.9. The Morgan fingerprint density at radius 3 is 0.582 bits per heavy atom. The van der Waals surface area contributed by atoms with Crippen molar-refractivity contribution in [3.8, 4) is 0 Å². The van der Waals surface area contributed by atoms with Crippen molar-refractivity contribution in [2.75, 3.05) is 0 Å². The van der Waals surface area contributed by atoms with Crippen LogP contribution in [0.5, 0.6) is 0 Å². The third-order valence-corrected chi connectivity index (χ3v) is 16.8. The SMILES string of the molecule is Cc1[c-]c2c(c(C)c1C)c(C)c(C)c1c(C)c(C)c(C)nc12.Cc1[c-]c2c(c(C)c1C)c(C)c(C)c1c(C)c(C)c(C)nc12.Cc1[c-]c2c(c(C)c1C)c(C)c(C)c1c(C)c(C)c(C)nc12.[Ir+3]. The van der Waals surface area contributed by atoms with Gasteiger partial charge in [-0.3, -0.25) is 0 Å². The van der Waals surface area contributed by atoms with Crippen molar-refractivity contribution in [1.82, 2.24) is 15.0 Å². The van der Waals surface area contributed by atoms with Gasteiger partial charge in [-0.05, 0) is 170 Å². The normalized spacial score (nSPS) is 11.5. The molecule has 0 unspecified atom stereocenters. The Balaban J connectivity index is 0.000000165. The number of benzene rings is 6. The van der Waals surface area contributed by atoms with Crippen LogP contribution in [0.1, 0.15) is 134 Å². The molecule has 6 aromatic carbocycles. The van der Waals surface area contributed by atoms with E-state index in [1.807, 2.05) is 0 Å². The van der Waals surface area contributed by atoms with Gasteiger partial charge >= 0.3 is 20.1 Å². The number of fused-ring (bicyclic) bond motifs is 9. The van der Waals surface area contributed by atoms with E-state index >= 15 is 0 Å². The molecular formula is C63H72IrN3. The number of hydrogen-bond donors (Lipinski definition) is 0. The second-order valence-corrected chi connectivity index (χ2v) is 20.0. The predicted octanol–water partition coefficient (Wildman–Crippen LogP) is 17.0. The maximum absolute atomic E-state index is 4.95. The number of aromatic nitrogens is 3. The standard InChI is InChI=1S/3C21H24N.Ir/c3*1-10-9-18-19(13(4)11(10)2)15(6)16(7)20-14(5)12(3)17(8)22-21(18)20;/h3*1-8H3;/q3*-1;+3. The molecule has 67 heavy (non-hydrogen) atoms. The number of rotatable bonds is 0. The average molecular weight is 1060 g/mol. The molecule has 0 atom stereocenters. The van der Waals surface area contributed by atoms with Gasteiger partial charge < -0.3 is 15.0 Å². The zero-order valence-corrected chi connectivity index (χ0v) is 47.6. The first-order valence-electron chi connectivity index (χ1n) is 23.8. The summed E-state index contributed by atoms with van der Waals surface area (Å²) in [6.07, 6.45) is 0. The second kappa shape index (κ2) is 18.5. The van der Waals surface area contributed by atoms with Crippen LogP contribution >= 0.6 is 0 Å². The average Bonchev–Trinajstić information content (AvgIpc) is 3.26. The molecule has 9 aromatic rings. The third kappa shape index (κ3) is 7.99. The van der Waals surface area contributed by atoms with Gasteiger partial charge in [0.05, 0.1) is 0 Å². The zero-order valence-electron chi connectivity index (χ0n) is 45.2. The van der Waals surface area contributed by atoms with Gasteiger partial charge in [0.1, 0.15) is 0 Å². The first kappa shape index (κ1) is 51.4. The quantitative estimate of drug-likeness (QED) is 0.112. The number of nitrogens with zero attached hydrogens (tertiary/aromatic N) is 3. The van der Waals surface area contributed by atoms with Gasteiger partial charge in [-0.1, -0.05) is 95.7 Å². The molecule has 348 valence electrons. The topological polar surface area (TPSA) is 38.7 Å². The minimum Gasteiger partial charge on any atom is -0.301 e. The number of aryl methyl sites for hydroxylation is 18. The van der Waals surface area contributed by atoms with Crippen LogP contribution in [0, 0.1) is 184 Å². The van der Waals surface area contributed by atoms with E-state index in [1.54, 1.807) is 0 Å². The summed E-state index contributed by atoms with van der Waals surface area (Å²) >= 11 is 0. The molecule has 3 aromatic heterocycles. The Morgan fingerprint density at radius 1 is 0.209 bits per heavy atom. The van der Waals surface area contributed by atoms with E-state index in [0.29, 0.717) is 0 Å². The molecule has 0 spiro atoms. The number of hydrogen-bond acceptors (Lipinski definition) is 3. The van der Waals surface area contributed by atoms with E-state index in [9.17, 15) is 0 Å². The van der Waals surface area contributed by atoms with Crippen molar-refractivity contribution in [3.63, 3.8) is 0 Å². The van der Waals surface area contributed by atoms with Gasteiger partial charge in [0.2, 0.25) is 0 Å². The van der Waals surface area contributed by atoms with Crippen molar-refractivity contribution in [3.05, 3.63) is 152 Å². The Hall–Kier alpha value is -5.02. The van der Waals surface area contributed by atoms with Crippen LogP contribution in [-0.4, -0.2) is 15.0 Å². The van der Waals surface area contributed by atoms with Crippen molar-refractivity contribution in [1.29, 1.82) is 0 Å². The smallest absolute Gasteiger partial charge is 0.301 e. The monoisotopic (exact) mass is 1060 g/mol. The Morgan fingerprint density at radius 2 is 0.373 bits per heavy atom. The Labute approximate surface area is 416 Å². The van der Waals surface area contributed by atoms with Crippen LogP contribution in [0.3, 0.4) is 0 Å². The maximum atomic E-state index is 4.95. The van der Waals surface area contributed by atoms with Gasteiger partial charge in [-0.15, -0.1) is 101 Å². The molecule has 3 heterocycles. The van der Waals surface area contributed by atoms with Gasteiger partial charge in [-0.25, -0.2) is 0 Å².